The second-order valence-corrected chi connectivity index (χ2v) is 3.72. The van der Waals surface area contributed by atoms with Crippen LogP contribution in [-0.4, -0.2) is 31.6 Å². The molecule has 0 aliphatic heterocycles. The molecule has 0 fully saturated rings. The van der Waals surface area contributed by atoms with Crippen LogP contribution in [0.1, 0.15) is 0 Å². The van der Waals surface area contributed by atoms with Crippen LogP contribution in [-0.2, 0) is 4.79 Å². The summed E-state index contributed by atoms with van der Waals surface area (Å²) in [6.07, 6.45) is 0. The van der Waals surface area contributed by atoms with Crippen molar-refractivity contribution in [2.24, 2.45) is 0 Å². The molecule has 1 aromatic rings. The highest BCUT2D eigenvalue weighted by molar-refractivity contribution is 6.30. The maximum Gasteiger partial charge on any atom is 0.239 e. The molecule has 15 heavy (non-hydrogen) atoms. The molecule has 0 radical (unpaired) electrons. The van der Waals surface area contributed by atoms with Gasteiger partial charge in [-0.05, 0) is 24.3 Å². The third kappa shape index (κ3) is 4.78. The highest BCUT2D eigenvalue weighted by Crippen LogP contribution is 2.12. The molecule has 0 spiro atoms. The third-order valence-electron chi connectivity index (χ3n) is 1.68. The van der Waals surface area contributed by atoms with Gasteiger partial charge in [-0.2, -0.15) is 0 Å². The van der Waals surface area contributed by atoms with Crippen LogP contribution < -0.4 is 10.7 Å². The maximum atomic E-state index is 11.4. The normalized spacial score (nSPS) is 10.4. The van der Waals surface area contributed by atoms with Crippen LogP contribution in [0.5, 0.6) is 0 Å². The van der Waals surface area contributed by atoms with Gasteiger partial charge in [0.2, 0.25) is 5.91 Å². The number of halogens is 1. The van der Waals surface area contributed by atoms with Gasteiger partial charge in [0.1, 0.15) is 0 Å². The lowest BCUT2D eigenvalue weighted by Gasteiger charge is -2.11. The van der Waals surface area contributed by atoms with Crippen molar-refractivity contribution in [3.63, 3.8) is 0 Å². The van der Waals surface area contributed by atoms with Crippen LogP contribution in [0.15, 0.2) is 24.3 Å². The molecule has 0 bridgehead atoms. The molecule has 0 aliphatic carbocycles. The Hall–Kier alpha value is -1.10. The summed E-state index contributed by atoms with van der Waals surface area (Å²) in [6, 6.07) is 6.98. The molecule has 0 atom stereocenters. The van der Waals surface area contributed by atoms with Crippen molar-refractivity contribution in [1.29, 1.82) is 0 Å². The lowest BCUT2D eigenvalue weighted by Crippen LogP contribution is -2.37. The van der Waals surface area contributed by atoms with Gasteiger partial charge < -0.3 is 5.32 Å². The van der Waals surface area contributed by atoms with Crippen molar-refractivity contribution in [2.45, 2.75) is 0 Å². The molecule has 0 saturated heterocycles. The summed E-state index contributed by atoms with van der Waals surface area (Å²) in [6.45, 7) is 0.246. The van der Waals surface area contributed by atoms with E-state index in [0.717, 1.165) is 5.69 Å². The first-order valence-corrected chi connectivity index (χ1v) is 4.92. The average molecular weight is 228 g/mol. The van der Waals surface area contributed by atoms with Gasteiger partial charge >= 0.3 is 0 Å². The zero-order chi connectivity index (χ0) is 11.3. The van der Waals surface area contributed by atoms with Crippen molar-refractivity contribution in [2.75, 3.05) is 26.0 Å². The van der Waals surface area contributed by atoms with Crippen LogP contribution >= 0.6 is 11.6 Å². The summed E-state index contributed by atoms with van der Waals surface area (Å²) < 4.78 is 0. The molecule has 1 rings (SSSR count). The third-order valence-corrected chi connectivity index (χ3v) is 1.94. The second kappa shape index (κ2) is 5.70. The fourth-order valence-corrected chi connectivity index (χ4v) is 1.09. The number of hydrazine groups is 1. The van der Waals surface area contributed by atoms with Crippen LogP contribution in [0.25, 0.3) is 0 Å². The predicted octanol–water partition coefficient (Wildman–Crippen LogP) is 1.34. The molecule has 82 valence electrons. The Morgan fingerprint density at radius 1 is 1.33 bits per heavy atom. The van der Waals surface area contributed by atoms with Gasteiger partial charge in [0.05, 0.1) is 6.54 Å². The SMILES string of the molecule is CN(C)NCC(=O)Nc1ccc(Cl)cc1. The minimum atomic E-state index is -0.0916. The predicted molar refractivity (Wildman–Crippen MR) is 61.8 cm³/mol. The number of carbonyl (C=O) groups excluding carboxylic acids is 1. The first-order valence-electron chi connectivity index (χ1n) is 4.54. The molecule has 1 amide bonds. The van der Waals surface area contributed by atoms with E-state index in [0.29, 0.717) is 5.02 Å². The fourth-order valence-electron chi connectivity index (χ4n) is 0.968. The second-order valence-electron chi connectivity index (χ2n) is 3.28. The number of amides is 1. The van der Waals surface area contributed by atoms with E-state index in [1.165, 1.54) is 0 Å². The quantitative estimate of drug-likeness (QED) is 0.764. The van der Waals surface area contributed by atoms with Gasteiger partial charge in [-0.15, -0.1) is 0 Å². The summed E-state index contributed by atoms with van der Waals surface area (Å²) >= 11 is 5.72. The van der Waals surface area contributed by atoms with Crippen LogP contribution in [0, 0.1) is 0 Å². The van der Waals surface area contributed by atoms with E-state index in [1.807, 2.05) is 14.1 Å². The number of benzene rings is 1. The molecule has 5 heteroatoms. The molecule has 0 aliphatic rings. The highest BCUT2D eigenvalue weighted by atomic mass is 35.5. The number of hydrogen-bond acceptors (Lipinski definition) is 3. The summed E-state index contributed by atoms with van der Waals surface area (Å²) in [5, 5.41) is 5.11. The van der Waals surface area contributed by atoms with Gasteiger partial charge in [-0.25, -0.2) is 5.43 Å². The Morgan fingerprint density at radius 3 is 2.47 bits per heavy atom. The van der Waals surface area contributed by atoms with Crippen molar-refractivity contribution in [3.05, 3.63) is 29.3 Å². The summed E-state index contributed by atoms with van der Waals surface area (Å²) in [7, 11) is 3.66. The van der Waals surface area contributed by atoms with Gasteiger partial charge in [0.15, 0.2) is 0 Å². The molecule has 1 aromatic carbocycles. The largest absolute Gasteiger partial charge is 0.325 e. The van der Waals surface area contributed by atoms with Crippen LogP contribution in [0.3, 0.4) is 0 Å². The fraction of sp³-hybridized carbons (Fsp3) is 0.300. The Morgan fingerprint density at radius 2 is 1.93 bits per heavy atom. The van der Waals surface area contributed by atoms with E-state index in [9.17, 15) is 4.79 Å². The van der Waals surface area contributed by atoms with Crippen LogP contribution in [0.4, 0.5) is 5.69 Å². The number of carbonyl (C=O) groups is 1. The lowest BCUT2D eigenvalue weighted by atomic mass is 10.3. The highest BCUT2D eigenvalue weighted by Gasteiger charge is 2.01. The van der Waals surface area contributed by atoms with Crippen molar-refractivity contribution in [1.82, 2.24) is 10.4 Å². The molecule has 0 heterocycles. The van der Waals surface area contributed by atoms with Gasteiger partial charge in [0.25, 0.3) is 0 Å². The lowest BCUT2D eigenvalue weighted by molar-refractivity contribution is -0.116. The van der Waals surface area contributed by atoms with Crippen LogP contribution in [0.2, 0.25) is 5.02 Å². The Bertz CT molecular complexity index is 324. The van der Waals surface area contributed by atoms with Crippen molar-refractivity contribution < 1.29 is 4.79 Å². The summed E-state index contributed by atoms with van der Waals surface area (Å²) in [5.41, 5.74) is 3.61. The first kappa shape index (κ1) is 12.0. The van der Waals surface area contributed by atoms with E-state index in [1.54, 1.807) is 29.3 Å². The number of hydrogen-bond donors (Lipinski definition) is 2. The minimum Gasteiger partial charge on any atom is -0.325 e. The van der Waals surface area contributed by atoms with E-state index in [-0.39, 0.29) is 12.5 Å². The van der Waals surface area contributed by atoms with Crippen molar-refractivity contribution in [3.8, 4) is 0 Å². The molecule has 0 saturated carbocycles. The molecular weight excluding hydrogens is 214 g/mol. The minimum absolute atomic E-state index is 0.0916. The standard InChI is InChI=1S/C10H14ClN3O/c1-14(2)12-7-10(15)13-9-5-3-8(11)4-6-9/h3-6,12H,7H2,1-2H3,(H,13,15). The Balaban J connectivity index is 2.41. The molecule has 4 nitrogen and oxygen atoms in total. The number of nitrogens with one attached hydrogen (secondary N) is 2. The molecule has 0 unspecified atom stereocenters. The zero-order valence-corrected chi connectivity index (χ0v) is 9.51. The number of rotatable bonds is 4. The molecular formula is C10H14ClN3O. The topological polar surface area (TPSA) is 44.4 Å². The van der Waals surface area contributed by atoms with Gasteiger partial charge in [-0.1, -0.05) is 11.6 Å². The zero-order valence-electron chi connectivity index (χ0n) is 8.75. The maximum absolute atomic E-state index is 11.4. The molecule has 2 N–H and O–H groups in total. The number of anilines is 1. The van der Waals surface area contributed by atoms with Gasteiger partial charge in [-0.3, -0.25) is 9.80 Å². The monoisotopic (exact) mass is 227 g/mol. The van der Waals surface area contributed by atoms with Gasteiger partial charge in [0, 0.05) is 24.8 Å². The van der Waals surface area contributed by atoms with E-state index in [2.05, 4.69) is 10.7 Å². The van der Waals surface area contributed by atoms with E-state index in [4.69, 9.17) is 11.6 Å². The van der Waals surface area contributed by atoms with E-state index >= 15 is 0 Å². The number of nitrogens with zero attached hydrogens (tertiary/aromatic N) is 1. The Kier molecular flexibility index (Phi) is 4.55. The van der Waals surface area contributed by atoms with Crippen molar-refractivity contribution >= 4 is 23.2 Å². The summed E-state index contributed by atoms with van der Waals surface area (Å²) in [5.74, 6) is -0.0916. The molecule has 0 aromatic heterocycles. The Labute approximate surface area is 94.2 Å². The first-order chi connectivity index (χ1) is 7.08. The van der Waals surface area contributed by atoms with E-state index < -0.39 is 0 Å². The smallest absolute Gasteiger partial charge is 0.239 e. The average Bonchev–Trinajstić information content (AvgIpc) is 2.19. The summed E-state index contributed by atoms with van der Waals surface area (Å²) in [4.78, 5) is 11.4.